The van der Waals surface area contributed by atoms with E-state index in [1.54, 1.807) is 11.6 Å². The van der Waals surface area contributed by atoms with Gasteiger partial charge in [0.25, 0.3) is 11.5 Å². The van der Waals surface area contributed by atoms with Crippen molar-refractivity contribution >= 4 is 22.2 Å². The molecule has 1 amide bonds. The van der Waals surface area contributed by atoms with Crippen LogP contribution in [-0.4, -0.2) is 21.3 Å². The van der Waals surface area contributed by atoms with Crippen LogP contribution in [0.25, 0.3) is 4.96 Å². The number of nitrogens with one attached hydrogen (secondary N) is 1. The average molecular weight is 333 g/mol. The highest BCUT2D eigenvalue weighted by atomic mass is 32.1. The van der Waals surface area contributed by atoms with E-state index < -0.39 is 0 Å². The van der Waals surface area contributed by atoms with Gasteiger partial charge in [0, 0.05) is 23.8 Å². The van der Waals surface area contributed by atoms with Crippen molar-refractivity contribution < 1.29 is 4.79 Å². The maximum atomic E-state index is 12.6. The summed E-state index contributed by atoms with van der Waals surface area (Å²) in [6, 6.07) is 0.124. The Morgan fingerprint density at radius 2 is 2.09 bits per heavy atom. The molecule has 0 aliphatic heterocycles. The molecule has 1 aliphatic carbocycles. The second kappa shape index (κ2) is 6.07. The number of amides is 1. The summed E-state index contributed by atoms with van der Waals surface area (Å²) in [5.41, 5.74) is -0.0285. The van der Waals surface area contributed by atoms with Gasteiger partial charge in [-0.2, -0.15) is 0 Å². The topological polar surface area (TPSA) is 63.5 Å². The van der Waals surface area contributed by atoms with Crippen molar-refractivity contribution in [3.8, 4) is 0 Å². The summed E-state index contributed by atoms with van der Waals surface area (Å²) in [5.74, 6) is 0.130. The average Bonchev–Trinajstić information content (AvgIpc) is 2.96. The molecule has 2 aromatic heterocycles. The molecule has 0 aromatic carbocycles. The number of rotatable bonds is 2. The first-order chi connectivity index (χ1) is 10.9. The SMILES string of the molecule is CC(C)(C)C1CCCCC1NC(=O)c1cnc2sccn2c1=O. The van der Waals surface area contributed by atoms with Gasteiger partial charge in [-0.25, -0.2) is 4.98 Å². The second-order valence-electron chi connectivity index (χ2n) is 7.37. The van der Waals surface area contributed by atoms with Crippen molar-refractivity contribution in [3.05, 3.63) is 33.7 Å². The molecule has 2 aromatic rings. The minimum atomic E-state index is -0.302. The fraction of sp³-hybridized carbons (Fsp3) is 0.588. The smallest absolute Gasteiger partial charge is 0.271 e. The van der Waals surface area contributed by atoms with Gasteiger partial charge < -0.3 is 5.32 Å². The van der Waals surface area contributed by atoms with Crippen LogP contribution in [0.1, 0.15) is 56.8 Å². The van der Waals surface area contributed by atoms with E-state index in [2.05, 4.69) is 31.1 Å². The third-order valence-electron chi connectivity index (χ3n) is 4.78. The minimum absolute atomic E-state index is 0.124. The van der Waals surface area contributed by atoms with E-state index in [0.717, 1.165) is 19.3 Å². The van der Waals surface area contributed by atoms with Crippen molar-refractivity contribution in [2.24, 2.45) is 11.3 Å². The number of nitrogens with zero attached hydrogens (tertiary/aromatic N) is 2. The van der Waals surface area contributed by atoms with Crippen molar-refractivity contribution in [3.63, 3.8) is 0 Å². The van der Waals surface area contributed by atoms with Crippen LogP contribution in [0.5, 0.6) is 0 Å². The molecule has 1 fully saturated rings. The molecule has 5 nitrogen and oxygen atoms in total. The largest absolute Gasteiger partial charge is 0.349 e. The lowest BCUT2D eigenvalue weighted by Crippen LogP contribution is -2.47. The zero-order valence-corrected chi connectivity index (χ0v) is 14.7. The van der Waals surface area contributed by atoms with Gasteiger partial charge in [-0.3, -0.25) is 14.0 Å². The maximum absolute atomic E-state index is 12.6. The summed E-state index contributed by atoms with van der Waals surface area (Å²) in [6.07, 6.45) is 7.49. The van der Waals surface area contributed by atoms with Gasteiger partial charge in [0.1, 0.15) is 5.56 Å². The summed E-state index contributed by atoms with van der Waals surface area (Å²) in [7, 11) is 0. The highest BCUT2D eigenvalue weighted by molar-refractivity contribution is 7.15. The first kappa shape index (κ1) is 16.2. The zero-order valence-electron chi connectivity index (χ0n) is 13.8. The van der Waals surface area contributed by atoms with Crippen molar-refractivity contribution in [1.82, 2.24) is 14.7 Å². The first-order valence-electron chi connectivity index (χ1n) is 8.13. The van der Waals surface area contributed by atoms with Gasteiger partial charge in [-0.15, -0.1) is 11.3 Å². The summed E-state index contributed by atoms with van der Waals surface area (Å²) in [4.78, 5) is 29.8. The fourth-order valence-electron chi connectivity index (χ4n) is 3.57. The van der Waals surface area contributed by atoms with Crippen LogP contribution in [0.4, 0.5) is 0 Å². The standard InChI is InChI=1S/C17H23N3O2S/c1-17(2,3)12-6-4-5-7-13(12)19-14(21)11-10-18-16-20(15(11)22)8-9-23-16/h8-10,12-13H,4-7H2,1-3H3,(H,19,21). The molecule has 2 unspecified atom stereocenters. The highest BCUT2D eigenvalue weighted by Gasteiger charge is 2.35. The van der Waals surface area contributed by atoms with Crippen LogP contribution in [0.15, 0.2) is 22.6 Å². The fourth-order valence-corrected chi connectivity index (χ4v) is 4.24. The number of carbonyl (C=O) groups excluding carboxylic acids is 1. The number of fused-ring (bicyclic) bond motifs is 1. The summed E-state index contributed by atoms with van der Waals surface area (Å²) < 4.78 is 1.43. The Labute approximate surface area is 139 Å². The molecule has 1 aliphatic rings. The van der Waals surface area contributed by atoms with Crippen molar-refractivity contribution in [2.45, 2.75) is 52.5 Å². The van der Waals surface area contributed by atoms with Crippen molar-refractivity contribution in [1.29, 1.82) is 0 Å². The molecular weight excluding hydrogens is 310 g/mol. The molecule has 124 valence electrons. The van der Waals surface area contributed by atoms with E-state index in [0.29, 0.717) is 10.9 Å². The van der Waals surface area contributed by atoms with E-state index in [4.69, 9.17) is 0 Å². The van der Waals surface area contributed by atoms with E-state index in [-0.39, 0.29) is 28.5 Å². The number of aromatic nitrogens is 2. The highest BCUT2D eigenvalue weighted by Crippen LogP contribution is 2.38. The molecule has 2 heterocycles. The molecular formula is C17H23N3O2S. The number of hydrogen-bond acceptors (Lipinski definition) is 4. The Kier molecular flexibility index (Phi) is 4.27. The van der Waals surface area contributed by atoms with E-state index in [9.17, 15) is 9.59 Å². The third kappa shape index (κ3) is 3.17. The van der Waals surface area contributed by atoms with Crippen LogP contribution in [0, 0.1) is 11.3 Å². The molecule has 6 heteroatoms. The molecule has 1 saturated carbocycles. The second-order valence-corrected chi connectivity index (χ2v) is 8.24. The summed E-state index contributed by atoms with van der Waals surface area (Å²) >= 11 is 1.38. The minimum Gasteiger partial charge on any atom is -0.349 e. The molecule has 0 radical (unpaired) electrons. The molecule has 2 atom stereocenters. The molecule has 0 spiro atoms. The van der Waals surface area contributed by atoms with Crippen molar-refractivity contribution in [2.75, 3.05) is 0 Å². The monoisotopic (exact) mass is 333 g/mol. The van der Waals surface area contributed by atoms with E-state index in [1.165, 1.54) is 28.4 Å². The van der Waals surface area contributed by atoms with Gasteiger partial charge >= 0.3 is 0 Å². The normalized spacial score (nSPS) is 22.2. The predicted octanol–water partition coefficient (Wildman–Crippen LogP) is 3.09. The number of carbonyl (C=O) groups is 1. The Morgan fingerprint density at radius 3 is 2.83 bits per heavy atom. The summed E-state index contributed by atoms with van der Waals surface area (Å²) in [5, 5.41) is 4.89. The lowest BCUT2D eigenvalue weighted by atomic mass is 9.69. The van der Waals surface area contributed by atoms with Crippen LogP contribution < -0.4 is 10.9 Å². The van der Waals surface area contributed by atoms with Crippen LogP contribution in [-0.2, 0) is 0 Å². The third-order valence-corrected chi connectivity index (χ3v) is 5.55. The molecule has 3 rings (SSSR count). The Balaban J connectivity index is 1.84. The molecule has 23 heavy (non-hydrogen) atoms. The number of hydrogen-bond donors (Lipinski definition) is 1. The van der Waals surface area contributed by atoms with Crippen LogP contribution in [0.2, 0.25) is 0 Å². The molecule has 0 saturated heterocycles. The predicted molar refractivity (Wildman–Crippen MR) is 92.0 cm³/mol. The van der Waals surface area contributed by atoms with Gasteiger partial charge in [0.2, 0.25) is 0 Å². The van der Waals surface area contributed by atoms with Crippen LogP contribution >= 0.6 is 11.3 Å². The zero-order chi connectivity index (χ0) is 16.6. The Morgan fingerprint density at radius 1 is 1.35 bits per heavy atom. The Bertz CT molecular complexity index is 772. The van der Waals surface area contributed by atoms with Gasteiger partial charge in [-0.05, 0) is 24.2 Å². The van der Waals surface area contributed by atoms with Crippen LogP contribution in [0.3, 0.4) is 0 Å². The molecule has 0 bridgehead atoms. The molecule has 1 N–H and O–H groups in total. The first-order valence-corrected chi connectivity index (χ1v) is 9.01. The Hall–Kier alpha value is -1.69. The lowest BCUT2D eigenvalue weighted by molar-refractivity contribution is 0.0828. The van der Waals surface area contributed by atoms with Gasteiger partial charge in [0.15, 0.2) is 4.96 Å². The maximum Gasteiger partial charge on any atom is 0.271 e. The van der Waals surface area contributed by atoms with Gasteiger partial charge in [0.05, 0.1) is 0 Å². The van der Waals surface area contributed by atoms with E-state index in [1.807, 2.05) is 0 Å². The van der Waals surface area contributed by atoms with E-state index >= 15 is 0 Å². The van der Waals surface area contributed by atoms with Gasteiger partial charge in [-0.1, -0.05) is 33.6 Å². The summed E-state index contributed by atoms with van der Waals surface area (Å²) in [6.45, 7) is 6.65. The quantitative estimate of drug-likeness (QED) is 0.918. The number of thiazole rings is 1. The lowest BCUT2D eigenvalue weighted by Gasteiger charge is -2.40.